The maximum Gasteiger partial charge on any atom is 0.308 e. The Hall–Kier alpha value is -0.160. The molecule has 0 aromatic heterocycles. The molecule has 70 valence electrons. The minimum absolute atomic E-state index is 0.0256. The second-order valence-corrected chi connectivity index (χ2v) is 4.40. The quantitative estimate of drug-likeness (QED) is 0.738. The summed E-state index contributed by atoms with van der Waals surface area (Å²) in [4.78, 5) is 21.1. The summed E-state index contributed by atoms with van der Waals surface area (Å²) in [5.74, 6) is -0.284. The van der Waals surface area contributed by atoms with Crippen molar-refractivity contribution in [2.45, 2.75) is 6.92 Å². The molecule has 0 heterocycles. The maximum atomic E-state index is 10.6. The topological polar surface area (TPSA) is 54.4 Å². The predicted molar refractivity (Wildman–Crippen MR) is 52.6 cm³/mol. The van der Waals surface area contributed by atoms with E-state index < -0.39 is 11.9 Å². The monoisotopic (exact) mass is 208 g/mol. The molecule has 1 atom stereocenters. The molecule has 0 amide bonds. The van der Waals surface area contributed by atoms with Gasteiger partial charge < -0.3 is 5.11 Å². The van der Waals surface area contributed by atoms with E-state index >= 15 is 0 Å². The molecule has 0 bridgehead atoms. The van der Waals surface area contributed by atoms with Crippen LogP contribution in [0.15, 0.2) is 0 Å². The molecule has 0 aromatic rings. The van der Waals surface area contributed by atoms with Crippen LogP contribution in [-0.2, 0) is 9.59 Å². The van der Waals surface area contributed by atoms with Crippen molar-refractivity contribution in [3.05, 3.63) is 0 Å². The third-order valence-electron chi connectivity index (χ3n) is 1.20. The van der Waals surface area contributed by atoms with Gasteiger partial charge >= 0.3 is 5.97 Å². The van der Waals surface area contributed by atoms with Crippen LogP contribution < -0.4 is 0 Å². The molecule has 1 N–H and O–H groups in total. The van der Waals surface area contributed by atoms with Crippen LogP contribution in [-0.4, -0.2) is 34.0 Å². The lowest BCUT2D eigenvalue weighted by Crippen LogP contribution is -2.19. The van der Waals surface area contributed by atoms with Crippen molar-refractivity contribution in [3.63, 3.8) is 0 Å². The van der Waals surface area contributed by atoms with Gasteiger partial charge in [0.2, 0.25) is 0 Å². The first-order chi connectivity index (χ1) is 5.57. The minimum Gasteiger partial charge on any atom is -0.481 e. The number of carbonyl (C=O) groups is 2. The summed E-state index contributed by atoms with van der Waals surface area (Å²) in [6, 6.07) is 0. The van der Waals surface area contributed by atoms with E-state index in [0.29, 0.717) is 11.5 Å². The molecule has 0 rings (SSSR count). The zero-order valence-electron chi connectivity index (χ0n) is 7.07. The molecule has 1 unspecified atom stereocenters. The Kier molecular flexibility index (Phi) is 6.28. The predicted octanol–water partition coefficient (Wildman–Crippen LogP) is 1.33. The van der Waals surface area contributed by atoms with Crippen LogP contribution in [0.1, 0.15) is 6.92 Å². The number of aliphatic carboxylic acids is 1. The van der Waals surface area contributed by atoms with Gasteiger partial charge in [-0.05, 0) is 6.26 Å². The second-order valence-electron chi connectivity index (χ2n) is 2.29. The van der Waals surface area contributed by atoms with Crippen LogP contribution >= 0.6 is 23.5 Å². The molecule has 0 aliphatic carbocycles. The van der Waals surface area contributed by atoms with E-state index in [1.807, 2.05) is 6.26 Å². The molecule has 0 saturated carbocycles. The average molecular weight is 208 g/mol. The van der Waals surface area contributed by atoms with Crippen LogP contribution in [0.3, 0.4) is 0 Å². The molecule has 0 fully saturated rings. The summed E-state index contributed by atoms with van der Waals surface area (Å²) in [5, 5.41) is 8.65. The molecule has 12 heavy (non-hydrogen) atoms. The van der Waals surface area contributed by atoms with E-state index in [4.69, 9.17) is 5.11 Å². The van der Waals surface area contributed by atoms with Crippen molar-refractivity contribution >= 4 is 34.6 Å². The van der Waals surface area contributed by atoms with E-state index in [2.05, 4.69) is 0 Å². The van der Waals surface area contributed by atoms with Gasteiger partial charge in [-0.2, -0.15) is 11.8 Å². The van der Waals surface area contributed by atoms with E-state index in [0.717, 1.165) is 11.8 Å². The molecule has 0 radical (unpaired) electrons. The van der Waals surface area contributed by atoms with E-state index in [-0.39, 0.29) is 5.12 Å². The van der Waals surface area contributed by atoms with E-state index in [1.54, 1.807) is 0 Å². The molecule has 0 aromatic carbocycles. The number of rotatable bonds is 5. The largest absolute Gasteiger partial charge is 0.481 e. The summed E-state index contributed by atoms with van der Waals surface area (Å²) in [6.07, 6.45) is 1.86. The van der Waals surface area contributed by atoms with Gasteiger partial charge in [0.1, 0.15) is 0 Å². The summed E-state index contributed by atoms with van der Waals surface area (Å²) in [5.41, 5.74) is 0. The first-order valence-electron chi connectivity index (χ1n) is 3.43. The molecule has 0 aliphatic rings. The van der Waals surface area contributed by atoms with Crippen molar-refractivity contribution in [2.75, 3.05) is 17.8 Å². The van der Waals surface area contributed by atoms with Gasteiger partial charge in [-0.25, -0.2) is 0 Å². The third-order valence-corrected chi connectivity index (χ3v) is 2.92. The zero-order valence-corrected chi connectivity index (χ0v) is 8.70. The van der Waals surface area contributed by atoms with Crippen LogP contribution in [0.5, 0.6) is 0 Å². The van der Waals surface area contributed by atoms with Crippen LogP contribution in [0.4, 0.5) is 0 Å². The first kappa shape index (κ1) is 11.8. The van der Waals surface area contributed by atoms with Crippen molar-refractivity contribution in [1.82, 2.24) is 0 Å². The highest BCUT2D eigenvalue weighted by Gasteiger charge is 2.17. The Balaban J connectivity index is 3.79. The van der Waals surface area contributed by atoms with Gasteiger partial charge in [0.05, 0.1) is 5.92 Å². The fourth-order valence-electron chi connectivity index (χ4n) is 0.610. The molecule has 0 saturated heterocycles. The number of carbonyl (C=O) groups excluding carboxylic acids is 1. The van der Waals surface area contributed by atoms with Gasteiger partial charge in [0.15, 0.2) is 5.12 Å². The van der Waals surface area contributed by atoms with Gasteiger partial charge in [-0.15, -0.1) is 0 Å². The lowest BCUT2D eigenvalue weighted by atomic mass is 10.2. The van der Waals surface area contributed by atoms with Crippen molar-refractivity contribution in [1.29, 1.82) is 0 Å². The van der Waals surface area contributed by atoms with Crippen LogP contribution in [0, 0.1) is 5.92 Å². The highest BCUT2D eigenvalue weighted by Crippen LogP contribution is 2.13. The summed E-state index contributed by atoms with van der Waals surface area (Å²) >= 11 is 2.56. The maximum absolute atomic E-state index is 10.6. The fourth-order valence-corrected chi connectivity index (χ4v) is 2.12. The number of hydrogen-bond donors (Lipinski definition) is 1. The summed E-state index contributed by atoms with van der Waals surface area (Å²) in [6.45, 7) is 1.45. The SMILES string of the molecule is CSCC(CSC(C)=O)C(=O)O. The van der Waals surface area contributed by atoms with Gasteiger partial charge in [0, 0.05) is 18.4 Å². The first-order valence-corrected chi connectivity index (χ1v) is 5.81. The molecular formula is C7H12O3S2. The van der Waals surface area contributed by atoms with Gasteiger partial charge in [-0.1, -0.05) is 11.8 Å². The van der Waals surface area contributed by atoms with Gasteiger partial charge in [-0.3, -0.25) is 9.59 Å². The molecule has 5 heteroatoms. The van der Waals surface area contributed by atoms with E-state index in [9.17, 15) is 9.59 Å². The third kappa shape index (κ3) is 5.49. The van der Waals surface area contributed by atoms with Gasteiger partial charge in [0.25, 0.3) is 0 Å². The molecule has 0 spiro atoms. The molecule has 3 nitrogen and oxygen atoms in total. The fraction of sp³-hybridized carbons (Fsp3) is 0.714. The highest BCUT2D eigenvalue weighted by atomic mass is 32.2. The number of thioether (sulfide) groups is 2. The number of carboxylic acid groups (broad SMARTS) is 1. The van der Waals surface area contributed by atoms with Crippen LogP contribution in [0.25, 0.3) is 0 Å². The summed E-state index contributed by atoms with van der Waals surface area (Å²) < 4.78 is 0. The smallest absolute Gasteiger partial charge is 0.308 e. The Labute approximate surface area is 80.3 Å². The van der Waals surface area contributed by atoms with Crippen molar-refractivity contribution in [3.8, 4) is 0 Å². The molecule has 0 aliphatic heterocycles. The standard InChI is InChI=1S/C7H12O3S2/c1-5(8)12-4-6(3-11-2)7(9)10/h6H,3-4H2,1-2H3,(H,9,10). The Morgan fingerprint density at radius 3 is 2.33 bits per heavy atom. The Bertz CT molecular complexity index is 170. The Morgan fingerprint density at radius 1 is 1.42 bits per heavy atom. The molecular weight excluding hydrogens is 196 g/mol. The van der Waals surface area contributed by atoms with Crippen molar-refractivity contribution < 1.29 is 14.7 Å². The lowest BCUT2D eigenvalue weighted by Gasteiger charge is -2.07. The summed E-state index contributed by atoms with van der Waals surface area (Å²) in [7, 11) is 0. The zero-order chi connectivity index (χ0) is 9.56. The van der Waals surface area contributed by atoms with Crippen molar-refractivity contribution in [2.24, 2.45) is 5.92 Å². The second kappa shape index (κ2) is 6.37. The lowest BCUT2D eigenvalue weighted by molar-refractivity contribution is -0.140. The highest BCUT2D eigenvalue weighted by molar-refractivity contribution is 8.13. The normalized spacial score (nSPS) is 12.5. The van der Waals surface area contributed by atoms with E-state index in [1.165, 1.54) is 18.7 Å². The Morgan fingerprint density at radius 2 is 2.00 bits per heavy atom. The number of carboxylic acids is 1. The van der Waals surface area contributed by atoms with Crippen LogP contribution in [0.2, 0.25) is 0 Å². The average Bonchev–Trinajstić information content (AvgIpc) is 1.96. The minimum atomic E-state index is -0.821. The number of hydrogen-bond acceptors (Lipinski definition) is 4.